The van der Waals surface area contributed by atoms with Crippen molar-refractivity contribution in [2.75, 3.05) is 13.1 Å². The van der Waals surface area contributed by atoms with Gasteiger partial charge in [-0.2, -0.15) is 5.10 Å². The number of nitrogens with two attached hydrogens (primary N) is 1. The second-order valence-electron chi connectivity index (χ2n) is 9.89. The Kier molecular flexibility index (Phi) is 4.16. The predicted octanol–water partition coefficient (Wildman–Crippen LogP) is 2.49. The number of ether oxygens (including phenoxy) is 1. The first-order valence-electron chi connectivity index (χ1n) is 10.7. The van der Waals surface area contributed by atoms with Crippen molar-refractivity contribution in [2.24, 2.45) is 5.73 Å². The molecule has 1 unspecified atom stereocenters. The van der Waals surface area contributed by atoms with Gasteiger partial charge in [0.2, 0.25) is 5.91 Å². The highest BCUT2D eigenvalue weighted by Gasteiger charge is 2.61. The predicted molar refractivity (Wildman–Crippen MR) is 112 cm³/mol. The molecule has 5 rings (SSSR count). The number of nitrogens with zero attached hydrogens (tertiary/aromatic N) is 3. The first kappa shape index (κ1) is 19.4. The molecule has 8 nitrogen and oxygen atoms in total. The third-order valence-corrected chi connectivity index (χ3v) is 6.70. The molecule has 0 radical (unpaired) electrons. The Balaban J connectivity index is 1.38. The Labute approximate surface area is 175 Å². The molecule has 0 bridgehead atoms. The van der Waals surface area contributed by atoms with E-state index in [1.807, 2.05) is 37.9 Å². The van der Waals surface area contributed by atoms with Gasteiger partial charge in [-0.15, -0.1) is 0 Å². The van der Waals surface area contributed by atoms with Gasteiger partial charge >= 0.3 is 6.09 Å². The summed E-state index contributed by atoms with van der Waals surface area (Å²) in [6.07, 6.45) is 3.69. The van der Waals surface area contributed by atoms with Crippen LogP contribution >= 0.6 is 0 Å². The molecule has 2 aliphatic heterocycles. The molecule has 1 saturated carbocycles. The zero-order valence-electron chi connectivity index (χ0n) is 17.8. The maximum atomic E-state index is 13.4. The standard InChI is InChI=1S/C22H29N5O3/c1-21(2,3)30-20(29)26-8-6-13(7-9-26)27-12-16-14(17-10-22(17,23)19(27)28)4-5-18-15(16)11-24-25-18/h4-5,11,13,17H,6-10,12,23H2,1-3H3,(H,24,25)/t17-,22?/m1/s1. The molecule has 1 aromatic heterocycles. The van der Waals surface area contributed by atoms with Crippen molar-refractivity contribution < 1.29 is 14.3 Å². The van der Waals surface area contributed by atoms with Gasteiger partial charge in [0, 0.05) is 37.0 Å². The lowest BCUT2D eigenvalue weighted by Gasteiger charge is -2.39. The van der Waals surface area contributed by atoms with Gasteiger partial charge in [0.05, 0.1) is 11.7 Å². The van der Waals surface area contributed by atoms with Crippen LogP contribution in [0.25, 0.3) is 10.9 Å². The van der Waals surface area contributed by atoms with Crippen LogP contribution < -0.4 is 5.73 Å². The van der Waals surface area contributed by atoms with Crippen molar-refractivity contribution in [3.05, 3.63) is 29.5 Å². The van der Waals surface area contributed by atoms with Crippen LogP contribution in [-0.4, -0.2) is 62.3 Å². The van der Waals surface area contributed by atoms with Gasteiger partial charge in [-0.05, 0) is 57.2 Å². The van der Waals surface area contributed by atoms with E-state index >= 15 is 0 Å². The number of carbonyl (C=O) groups is 2. The van der Waals surface area contributed by atoms with Crippen LogP contribution in [0.5, 0.6) is 0 Å². The number of aromatic amines is 1. The van der Waals surface area contributed by atoms with Crippen LogP contribution in [0, 0.1) is 0 Å². The molecule has 8 heteroatoms. The summed E-state index contributed by atoms with van der Waals surface area (Å²) < 4.78 is 5.50. The molecule has 2 atom stereocenters. The fraction of sp³-hybridized carbons (Fsp3) is 0.591. The van der Waals surface area contributed by atoms with E-state index in [2.05, 4.69) is 16.3 Å². The lowest BCUT2D eigenvalue weighted by Crippen LogP contribution is -2.53. The van der Waals surface area contributed by atoms with Gasteiger partial charge < -0.3 is 20.3 Å². The molecule has 30 heavy (non-hydrogen) atoms. The highest BCUT2D eigenvalue weighted by atomic mass is 16.6. The fourth-order valence-electron chi connectivity index (χ4n) is 4.99. The van der Waals surface area contributed by atoms with Gasteiger partial charge in [0.1, 0.15) is 11.1 Å². The number of hydrogen-bond donors (Lipinski definition) is 2. The van der Waals surface area contributed by atoms with E-state index in [1.165, 1.54) is 5.56 Å². The molecule has 0 spiro atoms. The summed E-state index contributed by atoms with van der Waals surface area (Å²) in [5.41, 5.74) is 8.56. The topological polar surface area (TPSA) is 105 Å². The molecular formula is C22H29N5O3. The molecule has 2 fully saturated rings. The normalized spacial score (nSPS) is 26.9. The number of rotatable bonds is 1. The van der Waals surface area contributed by atoms with E-state index in [0.717, 1.165) is 29.3 Å². The summed E-state index contributed by atoms with van der Waals surface area (Å²) in [5.74, 6) is 0.113. The number of fused-ring (bicyclic) bond motifs is 5. The van der Waals surface area contributed by atoms with Crippen LogP contribution in [0.4, 0.5) is 4.79 Å². The van der Waals surface area contributed by atoms with Crippen molar-refractivity contribution in [1.29, 1.82) is 0 Å². The number of piperidine rings is 1. The Morgan fingerprint density at radius 2 is 2.03 bits per heavy atom. The van der Waals surface area contributed by atoms with Crippen molar-refractivity contribution in [2.45, 2.75) is 69.7 Å². The SMILES string of the molecule is CC(C)(C)OC(=O)N1CCC(N2Cc3c(ccc4[nH]ncc34)[C@H]3CC3(N)C2=O)CC1. The fourth-order valence-corrected chi connectivity index (χ4v) is 4.99. The maximum Gasteiger partial charge on any atom is 0.410 e. The molecule has 3 N–H and O–H groups in total. The minimum Gasteiger partial charge on any atom is -0.444 e. The Hall–Kier alpha value is -2.61. The average molecular weight is 412 g/mol. The van der Waals surface area contributed by atoms with E-state index in [9.17, 15) is 9.59 Å². The number of benzene rings is 1. The van der Waals surface area contributed by atoms with Crippen LogP contribution in [0.3, 0.4) is 0 Å². The summed E-state index contributed by atoms with van der Waals surface area (Å²) >= 11 is 0. The largest absolute Gasteiger partial charge is 0.444 e. The lowest BCUT2D eigenvalue weighted by atomic mass is 9.98. The second kappa shape index (κ2) is 6.44. The number of hydrogen-bond acceptors (Lipinski definition) is 5. The minimum absolute atomic E-state index is 0.0380. The van der Waals surface area contributed by atoms with Gasteiger partial charge in [-0.3, -0.25) is 9.89 Å². The van der Waals surface area contributed by atoms with Crippen LogP contribution in [0.2, 0.25) is 0 Å². The highest BCUT2D eigenvalue weighted by molar-refractivity contribution is 5.95. The van der Waals surface area contributed by atoms with Crippen molar-refractivity contribution in [3.63, 3.8) is 0 Å². The van der Waals surface area contributed by atoms with Crippen molar-refractivity contribution >= 4 is 22.9 Å². The number of H-pyrrole nitrogens is 1. The molecule has 3 heterocycles. The molecule has 3 aliphatic rings. The smallest absolute Gasteiger partial charge is 0.410 e. The molecule has 2 aromatic rings. The third kappa shape index (κ3) is 3.05. The highest BCUT2D eigenvalue weighted by Crippen LogP contribution is 2.54. The quantitative estimate of drug-likeness (QED) is 0.750. The number of likely N-dealkylation sites (tertiary alicyclic amines) is 1. The summed E-state index contributed by atoms with van der Waals surface area (Å²) in [6, 6.07) is 4.18. The Morgan fingerprint density at radius 1 is 1.30 bits per heavy atom. The summed E-state index contributed by atoms with van der Waals surface area (Å²) in [7, 11) is 0. The zero-order valence-corrected chi connectivity index (χ0v) is 17.8. The average Bonchev–Trinajstić information content (AvgIpc) is 3.17. The minimum atomic E-state index is -0.801. The summed E-state index contributed by atoms with van der Waals surface area (Å²) in [6.45, 7) is 7.30. The Bertz CT molecular complexity index is 1020. The zero-order chi connectivity index (χ0) is 21.3. The van der Waals surface area contributed by atoms with Gasteiger partial charge in [0.25, 0.3) is 0 Å². The Morgan fingerprint density at radius 3 is 2.73 bits per heavy atom. The summed E-state index contributed by atoms with van der Waals surface area (Å²) in [5, 5.41) is 8.28. The summed E-state index contributed by atoms with van der Waals surface area (Å²) in [4.78, 5) is 29.5. The van der Waals surface area contributed by atoms with E-state index in [0.29, 0.717) is 26.1 Å². The van der Waals surface area contributed by atoms with Crippen molar-refractivity contribution in [1.82, 2.24) is 20.0 Å². The number of amides is 2. The van der Waals surface area contributed by atoms with Crippen molar-refractivity contribution in [3.8, 4) is 0 Å². The van der Waals surface area contributed by atoms with E-state index in [-0.39, 0.29) is 24.0 Å². The van der Waals surface area contributed by atoms with E-state index in [4.69, 9.17) is 10.5 Å². The molecular weight excluding hydrogens is 382 g/mol. The monoisotopic (exact) mass is 411 g/mol. The number of carbonyl (C=O) groups excluding carboxylic acids is 2. The first-order valence-corrected chi connectivity index (χ1v) is 10.7. The molecule has 1 aliphatic carbocycles. The lowest BCUT2D eigenvalue weighted by molar-refractivity contribution is -0.137. The molecule has 1 aromatic carbocycles. The first-order chi connectivity index (χ1) is 14.2. The second-order valence-corrected chi connectivity index (χ2v) is 9.89. The van der Waals surface area contributed by atoms with Crippen LogP contribution in [-0.2, 0) is 16.1 Å². The van der Waals surface area contributed by atoms with Gasteiger partial charge in [-0.1, -0.05) is 6.07 Å². The van der Waals surface area contributed by atoms with Gasteiger partial charge in [-0.25, -0.2) is 4.79 Å². The van der Waals surface area contributed by atoms with E-state index < -0.39 is 11.1 Å². The number of nitrogens with one attached hydrogen (secondary N) is 1. The van der Waals surface area contributed by atoms with E-state index in [1.54, 1.807) is 4.90 Å². The molecule has 2 amide bonds. The van der Waals surface area contributed by atoms with Crippen LogP contribution in [0.15, 0.2) is 18.3 Å². The molecule has 1 saturated heterocycles. The molecule has 160 valence electrons. The maximum absolute atomic E-state index is 13.4. The number of aromatic nitrogens is 2. The third-order valence-electron chi connectivity index (χ3n) is 6.70. The van der Waals surface area contributed by atoms with Gasteiger partial charge in [0.15, 0.2) is 0 Å². The van der Waals surface area contributed by atoms with Crippen LogP contribution in [0.1, 0.15) is 57.1 Å².